The molecule has 0 aliphatic heterocycles. The van der Waals surface area contributed by atoms with E-state index in [1.165, 1.54) is 0 Å². The van der Waals surface area contributed by atoms with E-state index in [-0.39, 0.29) is 0 Å². The molecule has 0 amide bonds. The van der Waals surface area contributed by atoms with E-state index in [0.29, 0.717) is 17.7 Å². The van der Waals surface area contributed by atoms with Crippen LogP contribution < -0.4 is 10.1 Å². The van der Waals surface area contributed by atoms with E-state index in [0.717, 1.165) is 24.2 Å². The van der Waals surface area contributed by atoms with Gasteiger partial charge in [0.25, 0.3) is 0 Å². The second-order valence-corrected chi connectivity index (χ2v) is 5.10. The van der Waals surface area contributed by atoms with Crippen LogP contribution in [-0.4, -0.2) is 21.3 Å². The minimum absolute atomic E-state index is 0.323. The molecule has 5 heteroatoms. The SMILES string of the molecule is CCNCc1cnc(Oc2cnn(C(C)C)c2)c(C)c1. The smallest absolute Gasteiger partial charge is 0.222 e. The lowest BCUT2D eigenvalue weighted by atomic mass is 10.2. The van der Waals surface area contributed by atoms with Crippen molar-refractivity contribution in [2.24, 2.45) is 0 Å². The van der Waals surface area contributed by atoms with E-state index in [1.54, 1.807) is 6.20 Å². The van der Waals surface area contributed by atoms with Gasteiger partial charge in [-0.25, -0.2) is 4.98 Å². The molecule has 0 radical (unpaired) electrons. The first-order valence-electron chi connectivity index (χ1n) is 6.98. The first-order chi connectivity index (χ1) is 9.60. The molecule has 0 atom stereocenters. The highest BCUT2D eigenvalue weighted by molar-refractivity contribution is 5.32. The number of ether oxygens (including phenoxy) is 1. The molecule has 0 fully saturated rings. The summed E-state index contributed by atoms with van der Waals surface area (Å²) in [5.74, 6) is 1.35. The molecule has 0 unspecified atom stereocenters. The van der Waals surface area contributed by atoms with Gasteiger partial charge in [0.2, 0.25) is 5.88 Å². The molecule has 2 aromatic rings. The van der Waals surface area contributed by atoms with E-state index in [1.807, 2.05) is 24.0 Å². The Bertz CT molecular complexity index is 563. The molecule has 1 N–H and O–H groups in total. The number of hydrogen-bond acceptors (Lipinski definition) is 4. The summed E-state index contributed by atoms with van der Waals surface area (Å²) in [6.45, 7) is 10.0. The molecule has 0 aromatic carbocycles. The Morgan fingerprint density at radius 1 is 1.35 bits per heavy atom. The second kappa shape index (κ2) is 6.52. The third kappa shape index (κ3) is 3.57. The Labute approximate surface area is 120 Å². The van der Waals surface area contributed by atoms with Crippen LogP contribution in [0.1, 0.15) is 37.9 Å². The molecular weight excluding hydrogens is 252 g/mol. The van der Waals surface area contributed by atoms with Crippen LogP contribution in [0.25, 0.3) is 0 Å². The Hall–Kier alpha value is -1.88. The highest BCUT2D eigenvalue weighted by atomic mass is 16.5. The summed E-state index contributed by atoms with van der Waals surface area (Å²) < 4.78 is 7.65. The molecule has 0 aliphatic carbocycles. The molecule has 108 valence electrons. The maximum atomic E-state index is 5.78. The number of aryl methyl sites for hydroxylation is 1. The van der Waals surface area contributed by atoms with E-state index in [2.05, 4.69) is 42.2 Å². The van der Waals surface area contributed by atoms with Gasteiger partial charge in [-0.2, -0.15) is 5.10 Å². The lowest BCUT2D eigenvalue weighted by Crippen LogP contribution is -2.12. The summed E-state index contributed by atoms with van der Waals surface area (Å²) in [6.07, 6.45) is 5.45. The Kier molecular flexibility index (Phi) is 4.74. The summed E-state index contributed by atoms with van der Waals surface area (Å²) in [7, 11) is 0. The van der Waals surface area contributed by atoms with Gasteiger partial charge in [0.1, 0.15) is 0 Å². The lowest BCUT2D eigenvalue weighted by molar-refractivity contribution is 0.454. The number of nitrogens with one attached hydrogen (secondary N) is 1. The molecular formula is C15H22N4O. The monoisotopic (exact) mass is 274 g/mol. The summed E-state index contributed by atoms with van der Waals surface area (Å²) in [6, 6.07) is 2.42. The van der Waals surface area contributed by atoms with Gasteiger partial charge in [-0.15, -0.1) is 0 Å². The van der Waals surface area contributed by atoms with Crippen LogP contribution >= 0.6 is 0 Å². The summed E-state index contributed by atoms with van der Waals surface area (Å²) >= 11 is 0. The quantitative estimate of drug-likeness (QED) is 0.879. The normalized spacial score (nSPS) is 11.1. The maximum absolute atomic E-state index is 5.78. The molecule has 0 spiro atoms. The van der Waals surface area contributed by atoms with E-state index in [4.69, 9.17) is 4.74 Å². The first-order valence-corrected chi connectivity index (χ1v) is 6.98. The molecule has 0 bridgehead atoms. The van der Waals surface area contributed by atoms with Crippen LogP contribution in [0.4, 0.5) is 0 Å². The van der Waals surface area contributed by atoms with Crippen LogP contribution in [0.3, 0.4) is 0 Å². The molecule has 2 heterocycles. The van der Waals surface area contributed by atoms with E-state index < -0.39 is 0 Å². The molecule has 0 aliphatic rings. The highest BCUT2D eigenvalue weighted by Crippen LogP contribution is 2.23. The van der Waals surface area contributed by atoms with Gasteiger partial charge < -0.3 is 10.1 Å². The van der Waals surface area contributed by atoms with Crippen molar-refractivity contribution in [1.29, 1.82) is 0 Å². The van der Waals surface area contributed by atoms with E-state index >= 15 is 0 Å². The number of pyridine rings is 1. The zero-order valence-electron chi connectivity index (χ0n) is 12.6. The van der Waals surface area contributed by atoms with Crippen molar-refractivity contribution in [2.75, 3.05) is 6.54 Å². The van der Waals surface area contributed by atoms with Gasteiger partial charge >= 0.3 is 0 Å². The fourth-order valence-corrected chi connectivity index (χ4v) is 1.86. The molecule has 20 heavy (non-hydrogen) atoms. The Balaban J connectivity index is 2.08. The summed E-state index contributed by atoms with van der Waals surface area (Å²) in [5, 5.41) is 7.54. The molecule has 2 aromatic heterocycles. The Morgan fingerprint density at radius 3 is 2.75 bits per heavy atom. The Morgan fingerprint density at radius 2 is 2.15 bits per heavy atom. The average molecular weight is 274 g/mol. The standard InChI is InChI=1S/C15H22N4O/c1-5-16-7-13-6-12(4)15(17-8-13)20-14-9-18-19(10-14)11(2)3/h6,8-11,16H,5,7H2,1-4H3. The number of rotatable bonds is 6. The van der Waals surface area contributed by atoms with E-state index in [9.17, 15) is 0 Å². The average Bonchev–Trinajstić information content (AvgIpc) is 2.88. The van der Waals surface area contributed by atoms with Gasteiger partial charge in [-0.05, 0) is 38.9 Å². The zero-order chi connectivity index (χ0) is 14.5. The highest BCUT2D eigenvalue weighted by Gasteiger charge is 2.07. The van der Waals surface area contributed by atoms with Crippen LogP contribution in [0.15, 0.2) is 24.7 Å². The predicted octanol–water partition coefficient (Wildman–Crippen LogP) is 3.07. The lowest BCUT2D eigenvalue weighted by Gasteiger charge is -2.08. The number of nitrogens with zero attached hydrogens (tertiary/aromatic N) is 3. The molecule has 2 rings (SSSR count). The van der Waals surface area contributed by atoms with Crippen molar-refractivity contribution in [3.05, 3.63) is 35.8 Å². The van der Waals surface area contributed by atoms with Crippen molar-refractivity contribution >= 4 is 0 Å². The largest absolute Gasteiger partial charge is 0.435 e. The predicted molar refractivity (Wildman–Crippen MR) is 79.0 cm³/mol. The third-order valence-electron chi connectivity index (χ3n) is 2.99. The van der Waals surface area contributed by atoms with Crippen molar-refractivity contribution in [3.8, 4) is 11.6 Å². The summed E-state index contributed by atoms with van der Waals surface area (Å²) in [4.78, 5) is 4.38. The van der Waals surface area contributed by atoms with Gasteiger partial charge in [-0.3, -0.25) is 4.68 Å². The third-order valence-corrected chi connectivity index (χ3v) is 2.99. The van der Waals surface area contributed by atoms with Crippen LogP contribution in [-0.2, 0) is 6.54 Å². The van der Waals surface area contributed by atoms with Gasteiger partial charge in [-0.1, -0.05) is 6.92 Å². The number of hydrogen-bond donors (Lipinski definition) is 1. The first kappa shape index (κ1) is 14.5. The van der Waals surface area contributed by atoms with Gasteiger partial charge in [0.15, 0.2) is 5.75 Å². The topological polar surface area (TPSA) is 52.0 Å². The maximum Gasteiger partial charge on any atom is 0.222 e. The zero-order valence-corrected chi connectivity index (χ0v) is 12.6. The van der Waals surface area contributed by atoms with Crippen molar-refractivity contribution in [3.63, 3.8) is 0 Å². The van der Waals surface area contributed by atoms with Crippen molar-refractivity contribution < 1.29 is 4.74 Å². The fraction of sp³-hybridized carbons (Fsp3) is 0.467. The second-order valence-electron chi connectivity index (χ2n) is 5.10. The van der Waals surface area contributed by atoms with Gasteiger partial charge in [0.05, 0.1) is 12.4 Å². The summed E-state index contributed by atoms with van der Waals surface area (Å²) in [5.41, 5.74) is 2.19. The molecule has 5 nitrogen and oxygen atoms in total. The fourth-order valence-electron chi connectivity index (χ4n) is 1.86. The van der Waals surface area contributed by atoms with Crippen molar-refractivity contribution in [1.82, 2.24) is 20.1 Å². The number of aromatic nitrogens is 3. The van der Waals surface area contributed by atoms with Gasteiger partial charge in [0, 0.05) is 24.3 Å². The molecule has 0 saturated carbocycles. The van der Waals surface area contributed by atoms with Crippen LogP contribution in [0.2, 0.25) is 0 Å². The van der Waals surface area contributed by atoms with Crippen molar-refractivity contribution in [2.45, 2.75) is 40.3 Å². The van der Waals surface area contributed by atoms with Crippen LogP contribution in [0, 0.1) is 6.92 Å². The van der Waals surface area contributed by atoms with Crippen LogP contribution in [0.5, 0.6) is 11.6 Å². The molecule has 0 saturated heterocycles. The minimum Gasteiger partial charge on any atom is -0.435 e. The minimum atomic E-state index is 0.323.